The molecular formula is C12H14BrN3O3S. The molecule has 1 aromatic carbocycles. The van der Waals surface area contributed by atoms with Crippen LogP contribution in [0.15, 0.2) is 22.7 Å². The second kappa shape index (κ2) is 6.83. The van der Waals surface area contributed by atoms with E-state index >= 15 is 0 Å². The van der Waals surface area contributed by atoms with Gasteiger partial charge in [0.15, 0.2) is 0 Å². The summed E-state index contributed by atoms with van der Waals surface area (Å²) in [6.45, 7) is 0. The Morgan fingerprint density at radius 3 is 2.75 bits per heavy atom. The molecule has 20 heavy (non-hydrogen) atoms. The Balaban J connectivity index is 2.74. The standard InChI is InChI=1S/C12H14BrN3O3S/c1-20(18,19)5-4-10(15)12(17)16-11-3-2-9(13)6-8(11)7-14/h2-3,6,10H,4-5,15H2,1H3,(H,16,17). The molecule has 0 heterocycles. The number of anilines is 1. The summed E-state index contributed by atoms with van der Waals surface area (Å²) in [5, 5.41) is 11.5. The average molecular weight is 360 g/mol. The van der Waals surface area contributed by atoms with E-state index in [4.69, 9.17) is 11.0 Å². The molecule has 8 heteroatoms. The van der Waals surface area contributed by atoms with E-state index < -0.39 is 21.8 Å². The van der Waals surface area contributed by atoms with E-state index in [0.29, 0.717) is 15.7 Å². The van der Waals surface area contributed by atoms with Gasteiger partial charge in [0.1, 0.15) is 15.9 Å². The first-order chi connectivity index (χ1) is 9.23. The van der Waals surface area contributed by atoms with Gasteiger partial charge < -0.3 is 11.1 Å². The van der Waals surface area contributed by atoms with Crippen LogP contribution in [-0.4, -0.2) is 32.4 Å². The third-order valence-corrected chi connectivity index (χ3v) is 3.97. The zero-order valence-electron chi connectivity index (χ0n) is 10.8. The van der Waals surface area contributed by atoms with E-state index in [2.05, 4.69) is 21.2 Å². The molecule has 108 valence electrons. The van der Waals surface area contributed by atoms with Gasteiger partial charge in [0.2, 0.25) is 5.91 Å². The van der Waals surface area contributed by atoms with Gasteiger partial charge in [-0.2, -0.15) is 5.26 Å². The minimum atomic E-state index is -3.16. The summed E-state index contributed by atoms with van der Waals surface area (Å²) < 4.78 is 22.8. The first-order valence-corrected chi connectivity index (χ1v) is 8.52. The van der Waals surface area contributed by atoms with Crippen molar-refractivity contribution in [3.05, 3.63) is 28.2 Å². The fourth-order valence-electron chi connectivity index (χ4n) is 1.42. The molecule has 0 aliphatic carbocycles. The molecule has 1 atom stereocenters. The van der Waals surface area contributed by atoms with Crippen molar-refractivity contribution in [3.63, 3.8) is 0 Å². The van der Waals surface area contributed by atoms with Crippen molar-refractivity contribution >= 4 is 37.4 Å². The fourth-order valence-corrected chi connectivity index (χ4v) is 2.46. The maximum absolute atomic E-state index is 11.8. The number of rotatable bonds is 5. The van der Waals surface area contributed by atoms with Crippen LogP contribution in [0.25, 0.3) is 0 Å². The largest absolute Gasteiger partial charge is 0.324 e. The molecule has 1 amide bonds. The van der Waals surface area contributed by atoms with Gasteiger partial charge in [0.05, 0.1) is 23.0 Å². The topological polar surface area (TPSA) is 113 Å². The zero-order valence-corrected chi connectivity index (χ0v) is 13.2. The molecule has 1 aromatic rings. The smallest absolute Gasteiger partial charge is 0.241 e. The Labute approximate surface area is 126 Å². The third-order valence-electron chi connectivity index (χ3n) is 2.50. The Kier molecular flexibility index (Phi) is 5.68. The van der Waals surface area contributed by atoms with Crippen molar-refractivity contribution in [2.24, 2.45) is 5.73 Å². The summed E-state index contributed by atoms with van der Waals surface area (Å²) in [5.41, 5.74) is 6.26. The molecule has 1 unspecified atom stereocenters. The highest BCUT2D eigenvalue weighted by molar-refractivity contribution is 9.10. The van der Waals surface area contributed by atoms with E-state index in [9.17, 15) is 13.2 Å². The lowest BCUT2D eigenvalue weighted by Crippen LogP contribution is -2.37. The van der Waals surface area contributed by atoms with Crippen molar-refractivity contribution in [2.45, 2.75) is 12.5 Å². The second-order valence-electron chi connectivity index (χ2n) is 4.32. The van der Waals surface area contributed by atoms with E-state index in [1.165, 1.54) is 0 Å². The highest BCUT2D eigenvalue weighted by Crippen LogP contribution is 2.20. The van der Waals surface area contributed by atoms with Crippen molar-refractivity contribution in [2.75, 3.05) is 17.3 Å². The summed E-state index contributed by atoms with van der Waals surface area (Å²) in [6.07, 6.45) is 1.11. The van der Waals surface area contributed by atoms with E-state index in [1.807, 2.05) is 6.07 Å². The number of sulfone groups is 1. The monoisotopic (exact) mass is 359 g/mol. The van der Waals surface area contributed by atoms with Crippen LogP contribution in [0.2, 0.25) is 0 Å². The lowest BCUT2D eigenvalue weighted by atomic mass is 10.1. The molecule has 0 saturated heterocycles. The number of nitrogens with zero attached hydrogens (tertiary/aromatic N) is 1. The van der Waals surface area contributed by atoms with Crippen molar-refractivity contribution in [1.29, 1.82) is 5.26 Å². The predicted octanol–water partition coefficient (Wildman–Crippen LogP) is 1.02. The maximum atomic E-state index is 11.8. The summed E-state index contributed by atoms with van der Waals surface area (Å²) in [6, 6.07) is 5.83. The second-order valence-corrected chi connectivity index (χ2v) is 7.49. The number of nitrogens with one attached hydrogen (secondary N) is 1. The minimum absolute atomic E-state index is 0.0308. The molecule has 1 rings (SSSR count). The molecular weight excluding hydrogens is 346 g/mol. The Morgan fingerprint density at radius 1 is 1.55 bits per heavy atom. The average Bonchev–Trinajstić information content (AvgIpc) is 2.36. The highest BCUT2D eigenvalue weighted by atomic mass is 79.9. The van der Waals surface area contributed by atoms with Gasteiger partial charge in [-0.1, -0.05) is 15.9 Å². The van der Waals surface area contributed by atoms with Gasteiger partial charge in [-0.05, 0) is 24.6 Å². The minimum Gasteiger partial charge on any atom is -0.324 e. The molecule has 0 aliphatic heterocycles. The molecule has 6 nitrogen and oxygen atoms in total. The summed E-state index contributed by atoms with van der Waals surface area (Å²) in [7, 11) is -3.16. The number of halogens is 1. The zero-order chi connectivity index (χ0) is 15.3. The van der Waals surface area contributed by atoms with Crippen LogP contribution in [0.1, 0.15) is 12.0 Å². The van der Waals surface area contributed by atoms with Crippen LogP contribution in [0.4, 0.5) is 5.69 Å². The van der Waals surface area contributed by atoms with E-state index in [-0.39, 0.29) is 12.2 Å². The van der Waals surface area contributed by atoms with Crippen LogP contribution >= 0.6 is 15.9 Å². The van der Waals surface area contributed by atoms with Crippen LogP contribution in [0.5, 0.6) is 0 Å². The Hall–Kier alpha value is -1.43. The number of hydrogen-bond acceptors (Lipinski definition) is 5. The Bertz CT molecular complexity index is 652. The van der Waals surface area contributed by atoms with Gasteiger partial charge in [0.25, 0.3) is 0 Å². The van der Waals surface area contributed by atoms with Crippen LogP contribution in [0, 0.1) is 11.3 Å². The number of nitriles is 1. The fraction of sp³-hybridized carbons (Fsp3) is 0.333. The van der Waals surface area contributed by atoms with Crippen molar-refractivity contribution in [1.82, 2.24) is 0 Å². The molecule has 0 radical (unpaired) electrons. The number of carbonyl (C=O) groups is 1. The van der Waals surface area contributed by atoms with Gasteiger partial charge in [0, 0.05) is 10.7 Å². The summed E-state index contributed by atoms with van der Waals surface area (Å²) in [4.78, 5) is 11.8. The highest BCUT2D eigenvalue weighted by Gasteiger charge is 2.17. The molecule has 0 aromatic heterocycles. The number of benzene rings is 1. The van der Waals surface area contributed by atoms with Crippen LogP contribution in [0.3, 0.4) is 0 Å². The van der Waals surface area contributed by atoms with Gasteiger partial charge in [-0.3, -0.25) is 4.79 Å². The van der Waals surface area contributed by atoms with E-state index in [1.54, 1.807) is 18.2 Å². The molecule has 0 bridgehead atoms. The van der Waals surface area contributed by atoms with E-state index in [0.717, 1.165) is 6.26 Å². The van der Waals surface area contributed by atoms with Gasteiger partial charge in [-0.15, -0.1) is 0 Å². The molecule has 0 saturated carbocycles. The van der Waals surface area contributed by atoms with Crippen molar-refractivity contribution < 1.29 is 13.2 Å². The number of carbonyl (C=O) groups excluding carboxylic acids is 1. The van der Waals surface area contributed by atoms with Crippen LogP contribution < -0.4 is 11.1 Å². The Morgan fingerprint density at radius 2 is 2.20 bits per heavy atom. The molecule has 3 N–H and O–H groups in total. The lowest BCUT2D eigenvalue weighted by molar-refractivity contribution is -0.117. The lowest BCUT2D eigenvalue weighted by Gasteiger charge is -2.12. The van der Waals surface area contributed by atoms with Gasteiger partial charge >= 0.3 is 0 Å². The molecule has 0 fully saturated rings. The third kappa shape index (κ3) is 5.28. The first-order valence-electron chi connectivity index (χ1n) is 5.67. The molecule has 0 spiro atoms. The number of hydrogen-bond donors (Lipinski definition) is 2. The summed E-state index contributed by atoms with van der Waals surface area (Å²) >= 11 is 3.22. The van der Waals surface area contributed by atoms with Crippen molar-refractivity contribution in [3.8, 4) is 6.07 Å². The number of nitrogens with two attached hydrogens (primary N) is 1. The maximum Gasteiger partial charge on any atom is 0.241 e. The quantitative estimate of drug-likeness (QED) is 0.814. The summed E-state index contributed by atoms with van der Waals surface area (Å²) in [5.74, 6) is -0.681. The predicted molar refractivity (Wildman–Crippen MR) is 79.8 cm³/mol. The van der Waals surface area contributed by atoms with Gasteiger partial charge in [-0.25, -0.2) is 8.42 Å². The SMILES string of the molecule is CS(=O)(=O)CCC(N)C(=O)Nc1ccc(Br)cc1C#N. The molecule has 0 aliphatic rings. The van der Waals surface area contributed by atoms with Crippen LogP contribution in [-0.2, 0) is 14.6 Å². The number of amides is 1. The first kappa shape index (κ1) is 16.6. The normalized spacial score (nSPS) is 12.5.